The van der Waals surface area contributed by atoms with Gasteiger partial charge in [0.1, 0.15) is 5.92 Å². The second kappa shape index (κ2) is 5.69. The zero-order valence-electron chi connectivity index (χ0n) is 11.7. The Labute approximate surface area is 122 Å². The molecule has 1 saturated heterocycles. The average molecular weight is 296 g/mol. The number of thiazole rings is 1. The summed E-state index contributed by atoms with van der Waals surface area (Å²) in [5.41, 5.74) is 0.811. The van der Waals surface area contributed by atoms with Gasteiger partial charge in [-0.15, -0.1) is 11.3 Å². The molecule has 0 saturated carbocycles. The van der Waals surface area contributed by atoms with Crippen LogP contribution in [-0.2, 0) is 16.0 Å². The SMILES string of the molecule is COCC1CCCN(c2nc3c(s2)CCC3C(=O)O)C1. The highest BCUT2D eigenvalue weighted by Crippen LogP contribution is 2.40. The second-order valence-corrected chi connectivity index (χ2v) is 6.71. The number of fused-ring (bicyclic) bond motifs is 1. The number of aliphatic carboxylic acids is 1. The van der Waals surface area contributed by atoms with Crippen LogP contribution in [0.5, 0.6) is 0 Å². The average Bonchev–Trinajstić information content (AvgIpc) is 2.98. The molecule has 6 heteroatoms. The van der Waals surface area contributed by atoms with Gasteiger partial charge in [-0.25, -0.2) is 4.98 Å². The number of methoxy groups -OCH3 is 1. The minimum Gasteiger partial charge on any atom is -0.481 e. The van der Waals surface area contributed by atoms with Crippen molar-refractivity contribution in [3.05, 3.63) is 10.6 Å². The van der Waals surface area contributed by atoms with Crippen LogP contribution in [0, 0.1) is 5.92 Å². The monoisotopic (exact) mass is 296 g/mol. The molecule has 1 aromatic heterocycles. The van der Waals surface area contributed by atoms with Crippen molar-refractivity contribution in [2.45, 2.75) is 31.6 Å². The predicted octanol–water partition coefficient (Wildman–Crippen LogP) is 2.12. The molecule has 3 rings (SSSR count). The topological polar surface area (TPSA) is 62.7 Å². The Morgan fingerprint density at radius 3 is 3.15 bits per heavy atom. The van der Waals surface area contributed by atoms with Crippen LogP contribution < -0.4 is 4.90 Å². The van der Waals surface area contributed by atoms with Gasteiger partial charge in [0.05, 0.1) is 12.3 Å². The molecule has 1 fully saturated rings. The number of piperidine rings is 1. The molecule has 2 aliphatic rings. The molecule has 0 bridgehead atoms. The first-order chi connectivity index (χ1) is 9.69. The number of hydrogen-bond acceptors (Lipinski definition) is 5. The fourth-order valence-electron chi connectivity index (χ4n) is 3.20. The van der Waals surface area contributed by atoms with E-state index in [9.17, 15) is 9.90 Å². The maximum Gasteiger partial charge on any atom is 0.312 e. The Kier molecular flexibility index (Phi) is 3.94. The fourth-order valence-corrected chi connectivity index (χ4v) is 4.37. The van der Waals surface area contributed by atoms with Crippen molar-refractivity contribution in [1.82, 2.24) is 4.98 Å². The number of carboxylic acids is 1. The Hall–Kier alpha value is -1.14. The summed E-state index contributed by atoms with van der Waals surface area (Å²) < 4.78 is 5.25. The van der Waals surface area contributed by atoms with Crippen LogP contribution in [0.2, 0.25) is 0 Å². The van der Waals surface area contributed by atoms with Crippen LogP contribution in [0.3, 0.4) is 0 Å². The molecule has 2 heterocycles. The lowest BCUT2D eigenvalue weighted by Crippen LogP contribution is -2.37. The Morgan fingerprint density at radius 2 is 2.40 bits per heavy atom. The van der Waals surface area contributed by atoms with Crippen LogP contribution in [0.1, 0.15) is 35.8 Å². The summed E-state index contributed by atoms with van der Waals surface area (Å²) >= 11 is 1.68. The molecular formula is C14H20N2O3S. The number of carbonyl (C=O) groups is 1. The van der Waals surface area contributed by atoms with Crippen molar-refractivity contribution in [2.24, 2.45) is 5.92 Å². The highest BCUT2D eigenvalue weighted by Gasteiger charge is 2.33. The van der Waals surface area contributed by atoms with Crippen molar-refractivity contribution in [3.63, 3.8) is 0 Å². The molecule has 2 atom stereocenters. The minimum absolute atomic E-state index is 0.394. The maximum absolute atomic E-state index is 11.2. The summed E-state index contributed by atoms with van der Waals surface area (Å²) in [5, 5.41) is 10.2. The smallest absolute Gasteiger partial charge is 0.312 e. The third kappa shape index (κ3) is 2.54. The van der Waals surface area contributed by atoms with E-state index in [0.29, 0.717) is 12.3 Å². The van der Waals surface area contributed by atoms with Crippen molar-refractivity contribution in [1.29, 1.82) is 0 Å². The third-order valence-electron chi connectivity index (χ3n) is 4.20. The number of aryl methyl sites for hydroxylation is 1. The van der Waals surface area contributed by atoms with E-state index in [1.54, 1.807) is 18.4 Å². The number of rotatable bonds is 4. The molecule has 0 aromatic carbocycles. The van der Waals surface area contributed by atoms with Gasteiger partial charge in [0, 0.05) is 25.1 Å². The maximum atomic E-state index is 11.2. The fraction of sp³-hybridized carbons (Fsp3) is 0.714. The first-order valence-electron chi connectivity index (χ1n) is 7.15. The molecule has 0 spiro atoms. The summed E-state index contributed by atoms with van der Waals surface area (Å²) in [7, 11) is 1.74. The molecule has 2 unspecified atom stereocenters. The van der Waals surface area contributed by atoms with Crippen LogP contribution in [-0.4, -0.2) is 42.9 Å². The van der Waals surface area contributed by atoms with Gasteiger partial charge in [0.25, 0.3) is 0 Å². The third-order valence-corrected chi connectivity index (χ3v) is 5.39. The zero-order valence-corrected chi connectivity index (χ0v) is 12.5. The number of nitrogens with zero attached hydrogens (tertiary/aromatic N) is 2. The van der Waals surface area contributed by atoms with E-state index in [1.807, 2.05) is 0 Å². The number of anilines is 1. The van der Waals surface area contributed by atoms with E-state index in [1.165, 1.54) is 11.3 Å². The molecule has 110 valence electrons. The van der Waals surface area contributed by atoms with Gasteiger partial charge in [-0.3, -0.25) is 4.79 Å². The van der Waals surface area contributed by atoms with Crippen molar-refractivity contribution in [3.8, 4) is 0 Å². The quantitative estimate of drug-likeness (QED) is 0.922. The van der Waals surface area contributed by atoms with E-state index in [4.69, 9.17) is 4.74 Å². The van der Waals surface area contributed by atoms with E-state index in [0.717, 1.165) is 43.4 Å². The molecule has 1 aliphatic heterocycles. The van der Waals surface area contributed by atoms with Crippen LogP contribution in [0.15, 0.2) is 0 Å². The van der Waals surface area contributed by atoms with Gasteiger partial charge in [-0.2, -0.15) is 0 Å². The molecule has 1 aromatic rings. The number of carboxylic acid groups (broad SMARTS) is 1. The first-order valence-corrected chi connectivity index (χ1v) is 7.97. The summed E-state index contributed by atoms with van der Waals surface area (Å²) in [6.07, 6.45) is 3.92. The second-order valence-electron chi connectivity index (χ2n) is 5.64. The normalized spacial score (nSPS) is 25.8. The molecule has 5 nitrogen and oxygen atoms in total. The standard InChI is InChI=1S/C14H20N2O3S/c1-19-8-9-3-2-6-16(7-9)14-15-12-10(13(17)18)4-5-11(12)20-14/h9-10H,2-8H2,1H3,(H,17,18). The molecule has 0 radical (unpaired) electrons. The van der Waals surface area contributed by atoms with Gasteiger partial charge in [-0.05, 0) is 31.6 Å². The lowest BCUT2D eigenvalue weighted by atomic mass is 9.99. The Balaban J connectivity index is 1.75. The number of aromatic nitrogens is 1. The van der Waals surface area contributed by atoms with Gasteiger partial charge < -0.3 is 14.7 Å². The minimum atomic E-state index is -0.739. The molecule has 1 aliphatic carbocycles. The van der Waals surface area contributed by atoms with E-state index in [2.05, 4.69) is 9.88 Å². The molecule has 1 N–H and O–H groups in total. The largest absolute Gasteiger partial charge is 0.481 e. The van der Waals surface area contributed by atoms with Crippen LogP contribution >= 0.6 is 11.3 Å². The van der Waals surface area contributed by atoms with Crippen LogP contribution in [0.25, 0.3) is 0 Å². The van der Waals surface area contributed by atoms with Gasteiger partial charge >= 0.3 is 5.97 Å². The van der Waals surface area contributed by atoms with Gasteiger partial charge in [0.15, 0.2) is 5.13 Å². The highest BCUT2D eigenvalue weighted by molar-refractivity contribution is 7.15. The Bertz CT molecular complexity index is 501. The number of hydrogen-bond donors (Lipinski definition) is 1. The summed E-state index contributed by atoms with van der Waals surface area (Å²) in [6.45, 7) is 2.78. The van der Waals surface area contributed by atoms with Crippen molar-refractivity contribution >= 4 is 22.4 Å². The van der Waals surface area contributed by atoms with Crippen molar-refractivity contribution < 1.29 is 14.6 Å². The molecular weight excluding hydrogens is 276 g/mol. The molecule has 20 heavy (non-hydrogen) atoms. The van der Waals surface area contributed by atoms with E-state index >= 15 is 0 Å². The van der Waals surface area contributed by atoms with Crippen LogP contribution in [0.4, 0.5) is 5.13 Å². The lowest BCUT2D eigenvalue weighted by molar-refractivity contribution is -0.138. The van der Waals surface area contributed by atoms with Gasteiger partial charge in [-0.1, -0.05) is 0 Å². The number of ether oxygens (including phenoxy) is 1. The summed E-state index contributed by atoms with van der Waals surface area (Å²) in [5.74, 6) is -0.575. The summed E-state index contributed by atoms with van der Waals surface area (Å²) in [6, 6.07) is 0. The lowest BCUT2D eigenvalue weighted by Gasteiger charge is -2.32. The summed E-state index contributed by atoms with van der Waals surface area (Å²) in [4.78, 5) is 19.3. The Morgan fingerprint density at radius 1 is 1.55 bits per heavy atom. The van der Waals surface area contributed by atoms with Crippen molar-refractivity contribution in [2.75, 3.05) is 31.7 Å². The first kappa shape index (κ1) is 13.8. The van der Waals surface area contributed by atoms with E-state index < -0.39 is 11.9 Å². The van der Waals surface area contributed by atoms with E-state index in [-0.39, 0.29) is 0 Å². The predicted molar refractivity (Wildman–Crippen MR) is 77.6 cm³/mol. The molecule has 0 amide bonds. The highest BCUT2D eigenvalue weighted by atomic mass is 32.1. The van der Waals surface area contributed by atoms with Gasteiger partial charge in [0.2, 0.25) is 0 Å². The zero-order chi connectivity index (χ0) is 14.1.